The summed E-state index contributed by atoms with van der Waals surface area (Å²) in [6.45, 7) is 1.76. The second-order valence-corrected chi connectivity index (χ2v) is 17.6. The summed E-state index contributed by atoms with van der Waals surface area (Å²) in [6, 6.07) is -5.99. The highest BCUT2D eigenvalue weighted by Crippen LogP contribution is 2.30. The number of aliphatic hydroxyl groups is 3. The van der Waals surface area contributed by atoms with Gasteiger partial charge in [-0.15, -0.1) is 0 Å². The number of carbonyl (C=O) groups excluding carboxylic acids is 9. The molecule has 25 heteroatoms. The molecule has 11 atom stereocenters. The number of aromatic hydroxyl groups is 1. The molecule has 1 fully saturated rings. The maximum Gasteiger partial charge on any atom is 0.246 e. The van der Waals surface area contributed by atoms with Crippen LogP contribution in [0, 0.1) is 11.8 Å². The fourth-order valence-electron chi connectivity index (χ4n) is 7.70. The zero-order valence-corrected chi connectivity index (χ0v) is 36.0. The largest absolute Gasteiger partial charge is 0.508 e. The van der Waals surface area contributed by atoms with Crippen LogP contribution in [0.4, 0.5) is 0 Å². The Morgan fingerprint density at radius 3 is 2.20 bits per heavy atom. The van der Waals surface area contributed by atoms with Gasteiger partial charge in [0.15, 0.2) is 0 Å². The second kappa shape index (κ2) is 21.0. The lowest BCUT2D eigenvalue weighted by molar-refractivity contribution is -0.144. The van der Waals surface area contributed by atoms with Crippen molar-refractivity contribution in [1.29, 1.82) is 0 Å². The average molecular weight is 919 g/mol. The number of carbonyl (C=O) groups is 9. The number of fused-ring (bicyclic) bond motifs is 5. The standard InChI is InChI=1S/C39H54N10O14S/c1-4-16(2)31-36(60)42-11-29(55)43-25-15-64(63)38-21(20-6-5-18(51)7-22(20)46-38)9-23(33(57)41-12-30(56)47-31)44-37(61)32(17(3)27(53)14-50)48-35(59)26-8-19(52)13-49(26)39(62)24(10-28(40)54)45-34(25)58/h5-7,16-17,19,23-27,31-32,46,50-53H,4,8-15H2,1-3H3,(H2,40,54)(H,41,57)(H,42,60)(H,43,55)(H,44,61)(H,45,58)(H,47,56)(H,48,59)/t16?,17-,19+,23-,24-,25-,26-,27-,31-,32-,64?/m0/s1. The van der Waals surface area contributed by atoms with Crippen LogP contribution >= 0.6 is 0 Å². The smallest absolute Gasteiger partial charge is 0.246 e. The zero-order chi connectivity index (χ0) is 47.2. The minimum absolute atomic E-state index is 0.0800. The van der Waals surface area contributed by atoms with E-state index in [1.54, 1.807) is 13.8 Å². The topological polar surface area (TPSA) is 381 Å². The van der Waals surface area contributed by atoms with Gasteiger partial charge >= 0.3 is 0 Å². The van der Waals surface area contributed by atoms with Crippen molar-refractivity contribution in [2.24, 2.45) is 17.6 Å². The molecule has 0 aliphatic carbocycles. The fourth-order valence-corrected chi connectivity index (χ4v) is 9.10. The van der Waals surface area contributed by atoms with Crippen LogP contribution in [0.25, 0.3) is 10.9 Å². The van der Waals surface area contributed by atoms with Crippen molar-refractivity contribution < 1.29 is 67.8 Å². The molecule has 1 aromatic carbocycles. The first kappa shape index (κ1) is 48.8. The Hall–Kier alpha value is -6.18. The van der Waals surface area contributed by atoms with Gasteiger partial charge in [-0.1, -0.05) is 27.2 Å². The maximum atomic E-state index is 14.6. The third-order valence-corrected chi connectivity index (χ3v) is 13.0. The van der Waals surface area contributed by atoms with E-state index >= 15 is 0 Å². The molecule has 24 nitrogen and oxygen atoms in total. The first-order valence-corrected chi connectivity index (χ1v) is 21.9. The van der Waals surface area contributed by atoms with Gasteiger partial charge in [0.1, 0.15) is 47.0 Å². The summed E-state index contributed by atoms with van der Waals surface area (Å²) < 4.78 is 14.6. The molecule has 350 valence electrons. The van der Waals surface area contributed by atoms with E-state index in [4.69, 9.17) is 5.73 Å². The lowest BCUT2D eigenvalue weighted by atomic mass is 9.93. The number of aromatic nitrogens is 1. The van der Waals surface area contributed by atoms with E-state index in [0.717, 1.165) is 4.90 Å². The Kier molecular flexibility index (Phi) is 16.0. The highest BCUT2D eigenvalue weighted by Gasteiger charge is 2.45. The number of nitrogens with two attached hydrogens (primary N) is 1. The number of benzene rings is 1. The molecule has 4 heterocycles. The van der Waals surface area contributed by atoms with E-state index in [2.05, 4.69) is 42.2 Å². The van der Waals surface area contributed by atoms with Crippen molar-refractivity contribution in [3.8, 4) is 5.75 Å². The van der Waals surface area contributed by atoms with E-state index in [1.165, 1.54) is 25.1 Å². The third kappa shape index (κ3) is 11.5. The summed E-state index contributed by atoms with van der Waals surface area (Å²) in [4.78, 5) is 127. The number of aromatic amines is 1. The summed E-state index contributed by atoms with van der Waals surface area (Å²) in [5, 5.41) is 58.8. The van der Waals surface area contributed by atoms with E-state index in [0.29, 0.717) is 6.42 Å². The molecule has 0 spiro atoms. The molecule has 0 radical (unpaired) electrons. The Morgan fingerprint density at radius 2 is 1.55 bits per heavy atom. The minimum atomic E-state index is -2.38. The van der Waals surface area contributed by atoms with Crippen LogP contribution in [-0.2, 0) is 60.4 Å². The van der Waals surface area contributed by atoms with E-state index in [-0.39, 0.29) is 27.2 Å². The number of phenolic OH excluding ortho intramolecular Hbond substituents is 1. The van der Waals surface area contributed by atoms with Crippen LogP contribution in [0.1, 0.15) is 45.6 Å². The van der Waals surface area contributed by atoms with Gasteiger partial charge in [-0.3, -0.25) is 47.4 Å². The number of nitrogens with one attached hydrogen (secondary N) is 8. The van der Waals surface area contributed by atoms with Gasteiger partial charge < -0.3 is 73.3 Å². The van der Waals surface area contributed by atoms with E-state index in [9.17, 15) is 67.8 Å². The molecule has 1 aromatic heterocycles. The van der Waals surface area contributed by atoms with E-state index < -0.39 is 176 Å². The highest BCUT2D eigenvalue weighted by molar-refractivity contribution is 7.85. The van der Waals surface area contributed by atoms with Gasteiger partial charge in [-0.05, 0) is 23.6 Å². The summed E-state index contributed by atoms with van der Waals surface area (Å²) in [7, 11) is -2.38. The van der Waals surface area contributed by atoms with Gasteiger partial charge in [0.2, 0.25) is 53.2 Å². The number of phenols is 1. The lowest BCUT2D eigenvalue weighted by Gasteiger charge is -2.32. The number of H-pyrrole nitrogens is 1. The van der Waals surface area contributed by atoms with Gasteiger partial charge in [0, 0.05) is 36.8 Å². The van der Waals surface area contributed by atoms with E-state index in [1.807, 2.05) is 0 Å². The molecule has 5 rings (SSSR count). The number of hydrogen-bond donors (Lipinski definition) is 13. The first-order chi connectivity index (χ1) is 30.2. The third-order valence-electron chi connectivity index (χ3n) is 11.5. The van der Waals surface area contributed by atoms with Crippen molar-refractivity contribution in [2.75, 3.05) is 32.0 Å². The molecule has 0 saturated carbocycles. The molecule has 3 aliphatic rings. The second-order valence-electron chi connectivity index (χ2n) is 16.1. The van der Waals surface area contributed by atoms with Crippen LogP contribution < -0.4 is 43.0 Å². The van der Waals surface area contributed by atoms with Gasteiger partial charge in [-0.2, -0.15) is 0 Å². The predicted octanol–water partition coefficient (Wildman–Crippen LogP) is -5.92. The molecule has 1 saturated heterocycles. The normalized spacial score (nSPS) is 28.5. The van der Waals surface area contributed by atoms with Crippen LogP contribution in [0.5, 0.6) is 5.75 Å². The Morgan fingerprint density at radius 1 is 0.875 bits per heavy atom. The van der Waals surface area contributed by atoms with Crippen LogP contribution in [0.15, 0.2) is 23.2 Å². The van der Waals surface area contributed by atoms with Gasteiger partial charge in [0.25, 0.3) is 0 Å². The first-order valence-electron chi connectivity index (χ1n) is 20.6. The number of primary amides is 1. The number of aliphatic hydroxyl groups excluding tert-OH is 3. The number of hydrogen-bond acceptors (Lipinski definition) is 14. The van der Waals surface area contributed by atoms with Crippen molar-refractivity contribution in [1.82, 2.24) is 47.1 Å². The van der Waals surface area contributed by atoms with Crippen molar-refractivity contribution >= 4 is 74.9 Å². The van der Waals surface area contributed by atoms with Crippen molar-refractivity contribution in [2.45, 2.75) is 99.9 Å². The summed E-state index contributed by atoms with van der Waals surface area (Å²) >= 11 is 0. The molecule has 2 aromatic rings. The summed E-state index contributed by atoms with van der Waals surface area (Å²) in [6.07, 6.45) is -4.42. The Balaban J connectivity index is 1.73. The van der Waals surface area contributed by atoms with Crippen LogP contribution in [0.3, 0.4) is 0 Å². The lowest BCUT2D eigenvalue weighted by Crippen LogP contribution is -2.62. The Bertz CT molecular complexity index is 2200. The Labute approximate surface area is 368 Å². The molecule has 9 amide bonds. The van der Waals surface area contributed by atoms with Crippen LogP contribution in [-0.4, -0.2) is 168 Å². The quantitative estimate of drug-likeness (QED) is 0.123. The summed E-state index contributed by atoms with van der Waals surface area (Å²) in [5.74, 6) is -12.1. The number of rotatable bonds is 7. The molecule has 2 unspecified atom stereocenters. The highest BCUT2D eigenvalue weighted by atomic mass is 32.2. The monoisotopic (exact) mass is 918 g/mol. The molecular weight excluding hydrogens is 865 g/mol. The molecule has 14 N–H and O–H groups in total. The number of nitrogens with zero attached hydrogens (tertiary/aromatic N) is 1. The zero-order valence-electron chi connectivity index (χ0n) is 35.2. The summed E-state index contributed by atoms with van der Waals surface area (Å²) in [5.41, 5.74) is 5.73. The molecule has 3 aliphatic heterocycles. The predicted molar refractivity (Wildman–Crippen MR) is 222 cm³/mol. The van der Waals surface area contributed by atoms with Gasteiger partial charge in [0.05, 0.1) is 60.4 Å². The SMILES string of the molecule is CCC(C)[C@@H]1NC(=O)CNC(=O)[C@@H]2Cc3c([nH]c4cc(O)ccc34)S(=O)C[C@H](NC(=O)CNC1=O)C(=O)N[C@@H](CC(N)=O)C(=O)N1C[C@H](O)C[C@H]1C(=O)N[C@@H]([C@@H](C)[C@@H](O)CO)C(=O)N2. The maximum absolute atomic E-state index is 14.6. The minimum Gasteiger partial charge on any atom is -0.508 e. The number of amides is 9. The van der Waals surface area contributed by atoms with Crippen molar-refractivity contribution in [3.05, 3.63) is 23.8 Å². The van der Waals surface area contributed by atoms with Crippen molar-refractivity contribution in [3.63, 3.8) is 0 Å². The molecule has 2 bridgehead atoms. The van der Waals surface area contributed by atoms with Gasteiger partial charge in [-0.25, -0.2) is 0 Å². The molecular formula is C39H54N10O14S. The van der Waals surface area contributed by atoms with Crippen LogP contribution in [0.2, 0.25) is 0 Å². The molecule has 64 heavy (non-hydrogen) atoms. The fraction of sp³-hybridized carbons (Fsp3) is 0.564. The average Bonchev–Trinajstić information content (AvgIpc) is 3.82.